The van der Waals surface area contributed by atoms with Crippen LogP contribution in [0, 0.1) is 6.92 Å². The van der Waals surface area contributed by atoms with Crippen LogP contribution in [0.3, 0.4) is 0 Å². The summed E-state index contributed by atoms with van der Waals surface area (Å²) >= 11 is 5.24. The number of rotatable bonds is 3. The molecule has 1 saturated carbocycles. The smallest absolute Gasteiger partial charge is 0.123 e. The van der Waals surface area contributed by atoms with Crippen molar-refractivity contribution in [1.82, 2.24) is 4.98 Å². The van der Waals surface area contributed by atoms with Crippen molar-refractivity contribution in [3.8, 4) is 10.6 Å². The summed E-state index contributed by atoms with van der Waals surface area (Å²) in [5.74, 6) is 0. The molecule has 0 amide bonds. The van der Waals surface area contributed by atoms with Crippen LogP contribution in [0.2, 0.25) is 0 Å². The third-order valence-electron chi connectivity index (χ3n) is 3.72. The standard InChI is InChI=1S/C14H15BrN2S/c1-9-2-3-10(15)6-11(9)13-17-12(7-18-13)14(8-16)4-5-14/h2-3,6-7H,4-5,8,16H2,1H3. The topological polar surface area (TPSA) is 38.9 Å². The molecule has 0 aliphatic heterocycles. The zero-order valence-corrected chi connectivity index (χ0v) is 12.6. The van der Waals surface area contributed by atoms with Gasteiger partial charge < -0.3 is 5.73 Å². The third-order valence-corrected chi connectivity index (χ3v) is 5.09. The Morgan fingerprint density at radius 2 is 2.22 bits per heavy atom. The highest BCUT2D eigenvalue weighted by Gasteiger charge is 2.44. The third kappa shape index (κ3) is 2.02. The second kappa shape index (κ2) is 4.44. The number of thiazole rings is 1. The van der Waals surface area contributed by atoms with Gasteiger partial charge in [-0.05, 0) is 37.5 Å². The lowest BCUT2D eigenvalue weighted by Gasteiger charge is -2.07. The predicted octanol–water partition coefficient (Wildman–Crippen LogP) is 3.87. The molecule has 0 unspecified atom stereocenters. The Kier molecular flexibility index (Phi) is 3.04. The molecule has 0 bridgehead atoms. The number of aromatic nitrogens is 1. The largest absolute Gasteiger partial charge is 0.330 e. The van der Waals surface area contributed by atoms with Gasteiger partial charge in [0, 0.05) is 27.4 Å². The molecule has 1 fully saturated rings. The summed E-state index contributed by atoms with van der Waals surface area (Å²) in [5, 5.41) is 3.28. The van der Waals surface area contributed by atoms with E-state index in [1.54, 1.807) is 11.3 Å². The van der Waals surface area contributed by atoms with E-state index in [0.717, 1.165) is 9.48 Å². The Bertz CT molecular complexity index is 587. The average molecular weight is 323 g/mol. The molecule has 0 atom stereocenters. The van der Waals surface area contributed by atoms with Crippen molar-refractivity contribution in [2.45, 2.75) is 25.2 Å². The van der Waals surface area contributed by atoms with E-state index in [1.165, 1.54) is 29.7 Å². The molecular weight excluding hydrogens is 308 g/mol. The van der Waals surface area contributed by atoms with E-state index in [1.807, 2.05) is 0 Å². The number of aryl methyl sites for hydroxylation is 1. The van der Waals surface area contributed by atoms with Crippen molar-refractivity contribution >= 4 is 27.3 Å². The Balaban J connectivity index is 2.00. The van der Waals surface area contributed by atoms with Crippen LogP contribution >= 0.6 is 27.3 Å². The summed E-state index contributed by atoms with van der Waals surface area (Å²) in [7, 11) is 0. The van der Waals surface area contributed by atoms with Gasteiger partial charge >= 0.3 is 0 Å². The van der Waals surface area contributed by atoms with Crippen molar-refractivity contribution in [2.24, 2.45) is 5.73 Å². The van der Waals surface area contributed by atoms with Crippen molar-refractivity contribution in [3.05, 3.63) is 39.3 Å². The number of hydrogen-bond donors (Lipinski definition) is 1. The maximum atomic E-state index is 5.86. The minimum Gasteiger partial charge on any atom is -0.330 e. The molecule has 2 nitrogen and oxygen atoms in total. The lowest BCUT2D eigenvalue weighted by molar-refractivity contribution is 0.685. The molecule has 18 heavy (non-hydrogen) atoms. The zero-order valence-electron chi connectivity index (χ0n) is 10.2. The molecule has 1 aliphatic rings. The van der Waals surface area contributed by atoms with E-state index in [0.29, 0.717) is 6.54 Å². The highest BCUT2D eigenvalue weighted by molar-refractivity contribution is 9.10. The van der Waals surface area contributed by atoms with Crippen molar-refractivity contribution < 1.29 is 0 Å². The molecule has 1 aromatic heterocycles. The molecule has 2 aromatic rings. The molecule has 2 N–H and O–H groups in total. The summed E-state index contributed by atoms with van der Waals surface area (Å²) in [5.41, 5.74) is 9.71. The summed E-state index contributed by atoms with van der Waals surface area (Å²) in [6.45, 7) is 2.84. The molecule has 1 aliphatic carbocycles. The van der Waals surface area contributed by atoms with Gasteiger partial charge in [0.25, 0.3) is 0 Å². The van der Waals surface area contributed by atoms with Gasteiger partial charge in [-0.2, -0.15) is 0 Å². The first-order valence-corrected chi connectivity index (χ1v) is 7.74. The number of nitrogens with zero attached hydrogens (tertiary/aromatic N) is 1. The van der Waals surface area contributed by atoms with E-state index < -0.39 is 0 Å². The first kappa shape index (κ1) is 12.3. The van der Waals surface area contributed by atoms with Gasteiger partial charge in [0.1, 0.15) is 5.01 Å². The maximum Gasteiger partial charge on any atom is 0.123 e. The van der Waals surface area contributed by atoms with Crippen LogP contribution in [0.1, 0.15) is 24.1 Å². The number of halogens is 1. The van der Waals surface area contributed by atoms with Crippen molar-refractivity contribution in [2.75, 3.05) is 6.54 Å². The normalized spacial score (nSPS) is 16.8. The van der Waals surface area contributed by atoms with E-state index in [9.17, 15) is 0 Å². The molecular formula is C14H15BrN2S. The van der Waals surface area contributed by atoms with Crippen LogP contribution in [-0.2, 0) is 5.41 Å². The molecule has 0 spiro atoms. The van der Waals surface area contributed by atoms with Gasteiger partial charge in [-0.25, -0.2) is 4.98 Å². The second-order valence-corrected chi connectivity index (χ2v) is 6.76. The summed E-state index contributed by atoms with van der Waals surface area (Å²) in [6.07, 6.45) is 2.37. The molecule has 0 saturated heterocycles. The van der Waals surface area contributed by atoms with E-state index in [2.05, 4.69) is 46.4 Å². The number of hydrogen-bond acceptors (Lipinski definition) is 3. The zero-order chi connectivity index (χ0) is 12.8. The van der Waals surface area contributed by atoms with Gasteiger partial charge in [-0.3, -0.25) is 0 Å². The highest BCUT2D eigenvalue weighted by Crippen LogP contribution is 2.48. The van der Waals surface area contributed by atoms with Crippen LogP contribution in [-0.4, -0.2) is 11.5 Å². The van der Waals surface area contributed by atoms with E-state index >= 15 is 0 Å². The molecule has 0 radical (unpaired) electrons. The SMILES string of the molecule is Cc1ccc(Br)cc1-c1nc(C2(CN)CC2)cs1. The molecule has 4 heteroatoms. The fourth-order valence-corrected chi connectivity index (χ4v) is 3.57. The van der Waals surface area contributed by atoms with Crippen LogP contribution in [0.5, 0.6) is 0 Å². The molecule has 1 heterocycles. The monoisotopic (exact) mass is 322 g/mol. The lowest BCUT2D eigenvalue weighted by atomic mass is 10.0. The molecule has 1 aromatic carbocycles. The summed E-state index contributed by atoms with van der Waals surface area (Å²) in [6, 6.07) is 6.33. The van der Waals surface area contributed by atoms with Gasteiger partial charge in [0.2, 0.25) is 0 Å². The van der Waals surface area contributed by atoms with Crippen LogP contribution in [0.25, 0.3) is 10.6 Å². The average Bonchev–Trinajstić information content (AvgIpc) is 3.02. The Labute approximate surface area is 119 Å². The first-order chi connectivity index (χ1) is 8.64. The van der Waals surface area contributed by atoms with Crippen LogP contribution in [0.4, 0.5) is 0 Å². The minimum absolute atomic E-state index is 0.189. The maximum absolute atomic E-state index is 5.86. The Morgan fingerprint density at radius 3 is 2.89 bits per heavy atom. The van der Waals surface area contributed by atoms with Crippen LogP contribution in [0.15, 0.2) is 28.1 Å². The lowest BCUT2D eigenvalue weighted by Crippen LogP contribution is -2.19. The van der Waals surface area contributed by atoms with Gasteiger partial charge in [-0.15, -0.1) is 11.3 Å². The Hall–Kier alpha value is -0.710. The van der Waals surface area contributed by atoms with Gasteiger partial charge in [-0.1, -0.05) is 22.0 Å². The number of nitrogens with two attached hydrogens (primary N) is 1. The number of benzene rings is 1. The fourth-order valence-electron chi connectivity index (χ4n) is 2.18. The van der Waals surface area contributed by atoms with Crippen LogP contribution < -0.4 is 5.73 Å². The van der Waals surface area contributed by atoms with Crippen molar-refractivity contribution in [3.63, 3.8) is 0 Å². The predicted molar refractivity (Wildman–Crippen MR) is 80.0 cm³/mol. The Morgan fingerprint density at radius 1 is 1.44 bits per heavy atom. The van der Waals surface area contributed by atoms with E-state index in [-0.39, 0.29) is 5.41 Å². The second-order valence-electron chi connectivity index (χ2n) is 4.98. The highest BCUT2D eigenvalue weighted by atomic mass is 79.9. The summed E-state index contributed by atoms with van der Waals surface area (Å²) < 4.78 is 1.10. The van der Waals surface area contributed by atoms with E-state index in [4.69, 9.17) is 10.7 Å². The molecule has 3 rings (SSSR count). The quantitative estimate of drug-likeness (QED) is 0.931. The van der Waals surface area contributed by atoms with Crippen molar-refractivity contribution in [1.29, 1.82) is 0 Å². The summed E-state index contributed by atoms with van der Waals surface area (Å²) in [4.78, 5) is 4.81. The minimum atomic E-state index is 0.189. The first-order valence-electron chi connectivity index (χ1n) is 6.07. The fraction of sp³-hybridized carbons (Fsp3) is 0.357. The molecule has 94 valence electrons. The van der Waals surface area contributed by atoms with Gasteiger partial charge in [0.15, 0.2) is 0 Å². The van der Waals surface area contributed by atoms with Gasteiger partial charge in [0.05, 0.1) is 5.69 Å².